The van der Waals surface area contributed by atoms with Crippen LogP contribution in [0.2, 0.25) is 0 Å². The molecule has 2 fully saturated rings. The molecule has 4 rings (SSSR count). The third-order valence-corrected chi connectivity index (χ3v) is 5.42. The van der Waals surface area contributed by atoms with E-state index < -0.39 is 5.82 Å². The largest absolute Gasteiger partial charge is 0.459 e. The Hall–Kier alpha value is -2.63. The van der Waals surface area contributed by atoms with Crippen molar-refractivity contribution in [1.29, 1.82) is 0 Å². The average molecular weight is 356 g/mol. The second-order valence-corrected chi connectivity index (χ2v) is 7.00. The lowest BCUT2D eigenvalue weighted by molar-refractivity contribution is 0.0187. The minimum Gasteiger partial charge on any atom is -0.459 e. The van der Waals surface area contributed by atoms with Gasteiger partial charge in [-0.05, 0) is 55.5 Å². The van der Waals surface area contributed by atoms with Gasteiger partial charge < -0.3 is 14.2 Å². The molecule has 3 heterocycles. The van der Waals surface area contributed by atoms with Crippen LogP contribution in [0.15, 0.2) is 47.1 Å². The Kier molecular flexibility index (Phi) is 4.49. The van der Waals surface area contributed by atoms with Gasteiger partial charge in [-0.1, -0.05) is 6.07 Å². The number of rotatable bonds is 2. The maximum atomic E-state index is 13.5. The van der Waals surface area contributed by atoms with E-state index in [-0.39, 0.29) is 23.8 Å². The smallest absolute Gasteiger partial charge is 0.289 e. The van der Waals surface area contributed by atoms with Crippen LogP contribution in [0.4, 0.5) is 4.39 Å². The molecule has 0 spiro atoms. The number of carbonyl (C=O) groups is 2. The van der Waals surface area contributed by atoms with Gasteiger partial charge in [0.25, 0.3) is 11.8 Å². The molecule has 2 saturated heterocycles. The number of furan rings is 1. The van der Waals surface area contributed by atoms with E-state index in [0.29, 0.717) is 31.0 Å². The summed E-state index contributed by atoms with van der Waals surface area (Å²) in [6.07, 6.45) is 4.11. The monoisotopic (exact) mass is 356 g/mol. The summed E-state index contributed by atoms with van der Waals surface area (Å²) < 4.78 is 18.7. The maximum absolute atomic E-state index is 13.5. The van der Waals surface area contributed by atoms with Crippen molar-refractivity contribution >= 4 is 11.8 Å². The molecular weight excluding hydrogens is 335 g/mol. The minimum atomic E-state index is -0.400. The van der Waals surface area contributed by atoms with Crippen molar-refractivity contribution in [3.8, 4) is 0 Å². The van der Waals surface area contributed by atoms with Crippen LogP contribution in [0, 0.1) is 11.7 Å². The molecule has 0 N–H and O–H groups in total. The average Bonchev–Trinajstić information content (AvgIpc) is 3.20. The number of fused-ring (bicyclic) bond motifs is 1. The topological polar surface area (TPSA) is 53.8 Å². The number of piperidine rings is 2. The fraction of sp³-hybridized carbons (Fsp3) is 0.400. The highest BCUT2D eigenvalue weighted by Crippen LogP contribution is 2.32. The SMILES string of the molecule is O=C(c1ccco1)N1CC[C@H]2[C@H](CCCN2C(=O)c2cccc(F)c2)C1. The quantitative estimate of drug-likeness (QED) is 0.830. The van der Waals surface area contributed by atoms with E-state index >= 15 is 0 Å². The number of benzene rings is 1. The van der Waals surface area contributed by atoms with Crippen molar-refractivity contribution in [3.05, 3.63) is 59.8 Å². The molecule has 2 aliphatic heterocycles. The molecule has 2 atom stereocenters. The first-order valence-electron chi connectivity index (χ1n) is 9.03. The molecule has 5 nitrogen and oxygen atoms in total. The third-order valence-electron chi connectivity index (χ3n) is 5.42. The van der Waals surface area contributed by atoms with Crippen molar-refractivity contribution in [2.24, 2.45) is 5.92 Å². The summed E-state index contributed by atoms with van der Waals surface area (Å²) in [5.41, 5.74) is 0.389. The standard InChI is InChI=1S/C20H21FN2O3/c21-16-6-1-4-14(12-16)19(24)23-9-2-5-15-13-22(10-8-17(15)23)20(25)18-7-3-11-26-18/h1,3-4,6-7,11-12,15,17H,2,5,8-10,13H2/t15-,17+/m1/s1. The minimum absolute atomic E-state index is 0.0953. The van der Waals surface area contributed by atoms with Gasteiger partial charge in [-0.25, -0.2) is 4.39 Å². The van der Waals surface area contributed by atoms with Crippen molar-refractivity contribution in [1.82, 2.24) is 9.80 Å². The molecule has 0 radical (unpaired) electrons. The number of nitrogens with zero attached hydrogens (tertiary/aromatic N) is 2. The van der Waals surface area contributed by atoms with Gasteiger partial charge in [0.1, 0.15) is 5.82 Å². The fourth-order valence-corrected chi connectivity index (χ4v) is 4.18. The normalized spacial score (nSPS) is 22.8. The number of hydrogen-bond acceptors (Lipinski definition) is 3. The summed E-state index contributed by atoms with van der Waals surface area (Å²) in [5.74, 6) is -0.0174. The number of amides is 2. The van der Waals surface area contributed by atoms with Crippen LogP contribution in [-0.4, -0.2) is 47.3 Å². The Morgan fingerprint density at radius 1 is 1.08 bits per heavy atom. The predicted octanol–water partition coefficient (Wildman–Crippen LogP) is 3.19. The molecule has 1 aromatic heterocycles. The van der Waals surface area contributed by atoms with Crippen LogP contribution in [0.3, 0.4) is 0 Å². The van der Waals surface area contributed by atoms with E-state index in [1.54, 1.807) is 24.3 Å². The first-order valence-corrected chi connectivity index (χ1v) is 9.03. The predicted molar refractivity (Wildman–Crippen MR) is 93.2 cm³/mol. The zero-order chi connectivity index (χ0) is 18.1. The van der Waals surface area contributed by atoms with Crippen molar-refractivity contribution in [2.75, 3.05) is 19.6 Å². The zero-order valence-electron chi connectivity index (χ0n) is 14.4. The van der Waals surface area contributed by atoms with E-state index in [1.807, 2.05) is 9.80 Å². The summed E-state index contributed by atoms with van der Waals surface area (Å²) in [5, 5.41) is 0. The Balaban J connectivity index is 1.48. The molecule has 0 aliphatic carbocycles. The van der Waals surface area contributed by atoms with Crippen LogP contribution in [0.1, 0.15) is 40.2 Å². The summed E-state index contributed by atoms with van der Waals surface area (Å²) in [7, 11) is 0. The molecule has 2 aromatic rings. The van der Waals surface area contributed by atoms with Crippen LogP contribution >= 0.6 is 0 Å². The highest BCUT2D eigenvalue weighted by Gasteiger charge is 2.39. The van der Waals surface area contributed by atoms with Gasteiger partial charge in [-0.15, -0.1) is 0 Å². The second-order valence-electron chi connectivity index (χ2n) is 7.00. The lowest BCUT2D eigenvalue weighted by atomic mass is 9.83. The lowest BCUT2D eigenvalue weighted by Crippen LogP contribution is -2.56. The molecule has 2 aliphatic rings. The van der Waals surface area contributed by atoms with E-state index in [1.165, 1.54) is 18.4 Å². The van der Waals surface area contributed by atoms with Gasteiger partial charge in [0, 0.05) is 31.2 Å². The van der Waals surface area contributed by atoms with Gasteiger partial charge in [-0.3, -0.25) is 9.59 Å². The maximum Gasteiger partial charge on any atom is 0.289 e. The van der Waals surface area contributed by atoms with E-state index in [9.17, 15) is 14.0 Å². The van der Waals surface area contributed by atoms with Gasteiger partial charge in [-0.2, -0.15) is 0 Å². The van der Waals surface area contributed by atoms with Gasteiger partial charge >= 0.3 is 0 Å². The first kappa shape index (κ1) is 16.8. The Bertz CT molecular complexity index is 805. The highest BCUT2D eigenvalue weighted by atomic mass is 19.1. The second kappa shape index (κ2) is 6.94. The fourth-order valence-electron chi connectivity index (χ4n) is 4.18. The Labute approximate surface area is 151 Å². The van der Waals surface area contributed by atoms with Gasteiger partial charge in [0.2, 0.25) is 0 Å². The van der Waals surface area contributed by atoms with E-state index in [0.717, 1.165) is 19.3 Å². The summed E-state index contributed by atoms with van der Waals surface area (Å²) in [6.45, 7) is 1.90. The number of hydrogen-bond donors (Lipinski definition) is 0. The summed E-state index contributed by atoms with van der Waals surface area (Å²) >= 11 is 0. The van der Waals surface area contributed by atoms with Crippen molar-refractivity contribution in [2.45, 2.75) is 25.3 Å². The Morgan fingerprint density at radius 2 is 1.96 bits per heavy atom. The van der Waals surface area contributed by atoms with Crippen LogP contribution < -0.4 is 0 Å². The van der Waals surface area contributed by atoms with Crippen LogP contribution in [-0.2, 0) is 0 Å². The van der Waals surface area contributed by atoms with Crippen molar-refractivity contribution < 1.29 is 18.4 Å². The lowest BCUT2D eigenvalue weighted by Gasteiger charge is -2.47. The molecule has 0 bridgehead atoms. The summed E-state index contributed by atoms with van der Waals surface area (Å²) in [6, 6.07) is 9.34. The van der Waals surface area contributed by atoms with Crippen LogP contribution in [0.25, 0.3) is 0 Å². The number of halogens is 1. The van der Waals surface area contributed by atoms with Gasteiger partial charge in [0.15, 0.2) is 5.76 Å². The summed E-state index contributed by atoms with van der Waals surface area (Å²) in [4.78, 5) is 29.1. The third kappa shape index (κ3) is 3.11. The highest BCUT2D eigenvalue weighted by molar-refractivity contribution is 5.94. The molecule has 2 amide bonds. The van der Waals surface area contributed by atoms with Gasteiger partial charge in [0.05, 0.1) is 6.26 Å². The molecule has 0 saturated carbocycles. The van der Waals surface area contributed by atoms with Crippen molar-refractivity contribution in [3.63, 3.8) is 0 Å². The molecular formula is C20H21FN2O3. The number of carbonyl (C=O) groups excluding carboxylic acids is 2. The molecule has 1 aromatic carbocycles. The van der Waals surface area contributed by atoms with Crippen LogP contribution in [0.5, 0.6) is 0 Å². The first-order chi connectivity index (χ1) is 12.6. The molecule has 136 valence electrons. The number of likely N-dealkylation sites (tertiary alicyclic amines) is 2. The molecule has 0 unspecified atom stereocenters. The molecule has 6 heteroatoms. The Morgan fingerprint density at radius 3 is 2.73 bits per heavy atom. The van der Waals surface area contributed by atoms with E-state index in [2.05, 4.69) is 0 Å². The van der Waals surface area contributed by atoms with E-state index in [4.69, 9.17) is 4.42 Å². The zero-order valence-corrected chi connectivity index (χ0v) is 14.4. The molecule has 26 heavy (non-hydrogen) atoms.